The minimum atomic E-state index is -0.892. The molecule has 0 saturated heterocycles. The normalized spacial score (nSPS) is 18.8. The number of aromatic nitrogens is 2. The lowest BCUT2D eigenvalue weighted by Crippen LogP contribution is -2.37. The van der Waals surface area contributed by atoms with Crippen molar-refractivity contribution in [3.63, 3.8) is 0 Å². The summed E-state index contributed by atoms with van der Waals surface area (Å²) in [5.41, 5.74) is 0.316. The van der Waals surface area contributed by atoms with E-state index in [0.717, 1.165) is 24.8 Å². The van der Waals surface area contributed by atoms with Gasteiger partial charge in [0.25, 0.3) is 5.89 Å². The first kappa shape index (κ1) is 12.3. The van der Waals surface area contributed by atoms with Crippen LogP contribution < -0.4 is 0 Å². The van der Waals surface area contributed by atoms with Crippen molar-refractivity contribution < 1.29 is 14.4 Å². The predicted molar refractivity (Wildman–Crippen MR) is 67.3 cm³/mol. The van der Waals surface area contributed by atoms with Crippen LogP contribution in [0.1, 0.15) is 42.6 Å². The molecule has 0 spiro atoms. The summed E-state index contributed by atoms with van der Waals surface area (Å²) in [6.45, 7) is 0. The van der Waals surface area contributed by atoms with E-state index in [1.807, 2.05) is 30.3 Å². The summed E-state index contributed by atoms with van der Waals surface area (Å²) in [5.74, 6) is 0.746. The molecule has 5 heteroatoms. The molecule has 1 aliphatic carbocycles. The molecule has 2 aromatic rings. The number of nitrogens with zero attached hydrogens (tertiary/aromatic N) is 2. The van der Waals surface area contributed by atoms with Gasteiger partial charge < -0.3 is 14.4 Å². The maximum Gasteiger partial charge on any atom is 0.260 e. The number of ether oxygens (including phenoxy) is 1. The summed E-state index contributed by atoms with van der Waals surface area (Å²) in [5, 5.41) is 14.2. The second-order valence-corrected chi connectivity index (χ2v) is 4.82. The molecular weight excluding hydrogens is 244 g/mol. The molecular formula is C14H16N2O3. The smallest absolute Gasteiger partial charge is 0.260 e. The monoisotopic (exact) mass is 260 g/mol. The Hall–Kier alpha value is -1.72. The van der Waals surface area contributed by atoms with Crippen LogP contribution in [-0.4, -0.2) is 22.4 Å². The summed E-state index contributed by atoms with van der Waals surface area (Å²) in [4.78, 5) is 4.30. The highest BCUT2D eigenvalue weighted by Crippen LogP contribution is 2.43. The van der Waals surface area contributed by atoms with Crippen molar-refractivity contribution in [2.45, 2.75) is 31.0 Å². The van der Waals surface area contributed by atoms with Crippen LogP contribution in [0.5, 0.6) is 0 Å². The molecule has 1 aliphatic rings. The number of rotatable bonds is 4. The highest BCUT2D eigenvalue weighted by molar-refractivity contribution is 5.22. The van der Waals surface area contributed by atoms with Gasteiger partial charge in [-0.2, -0.15) is 4.98 Å². The van der Waals surface area contributed by atoms with Gasteiger partial charge in [-0.1, -0.05) is 35.5 Å². The van der Waals surface area contributed by atoms with E-state index in [2.05, 4.69) is 10.1 Å². The summed E-state index contributed by atoms with van der Waals surface area (Å²) >= 11 is 0. The molecule has 1 fully saturated rings. The summed E-state index contributed by atoms with van der Waals surface area (Å²) < 4.78 is 10.7. The third-order valence-corrected chi connectivity index (χ3v) is 3.75. The topological polar surface area (TPSA) is 68.4 Å². The van der Waals surface area contributed by atoms with Crippen LogP contribution in [0, 0.1) is 0 Å². The summed E-state index contributed by atoms with van der Waals surface area (Å²) in [6, 6.07) is 9.26. The van der Waals surface area contributed by atoms with E-state index < -0.39 is 11.7 Å². The molecule has 19 heavy (non-hydrogen) atoms. The van der Waals surface area contributed by atoms with Gasteiger partial charge in [0.1, 0.15) is 5.60 Å². The van der Waals surface area contributed by atoms with Crippen LogP contribution in [-0.2, 0) is 10.3 Å². The van der Waals surface area contributed by atoms with E-state index in [1.165, 1.54) is 0 Å². The van der Waals surface area contributed by atoms with Crippen molar-refractivity contribution in [3.8, 4) is 0 Å². The van der Waals surface area contributed by atoms with Crippen LogP contribution >= 0.6 is 0 Å². The number of aliphatic hydroxyl groups excluding tert-OH is 1. The van der Waals surface area contributed by atoms with E-state index in [9.17, 15) is 5.11 Å². The Kier molecular flexibility index (Phi) is 3.08. The van der Waals surface area contributed by atoms with Crippen molar-refractivity contribution >= 4 is 0 Å². The molecule has 1 unspecified atom stereocenters. The largest absolute Gasteiger partial charge is 0.378 e. The van der Waals surface area contributed by atoms with Gasteiger partial charge in [0.15, 0.2) is 6.10 Å². The van der Waals surface area contributed by atoms with Gasteiger partial charge in [0, 0.05) is 7.11 Å². The number of hydrogen-bond donors (Lipinski definition) is 1. The Morgan fingerprint density at radius 1 is 1.32 bits per heavy atom. The van der Waals surface area contributed by atoms with Crippen LogP contribution in [0.15, 0.2) is 34.9 Å². The van der Waals surface area contributed by atoms with Gasteiger partial charge in [-0.3, -0.25) is 0 Å². The maximum atomic E-state index is 10.2. The molecule has 0 bridgehead atoms. The van der Waals surface area contributed by atoms with Gasteiger partial charge in [0.05, 0.1) is 0 Å². The zero-order chi connectivity index (χ0) is 13.3. The van der Waals surface area contributed by atoms with Gasteiger partial charge in [0.2, 0.25) is 5.82 Å². The fraction of sp³-hybridized carbons (Fsp3) is 0.429. The lowest BCUT2D eigenvalue weighted by atomic mass is 9.79. The first-order valence-corrected chi connectivity index (χ1v) is 6.37. The summed E-state index contributed by atoms with van der Waals surface area (Å²) in [6.07, 6.45) is 1.99. The molecule has 0 radical (unpaired) electrons. The molecule has 1 N–H and O–H groups in total. The average Bonchev–Trinajstić information content (AvgIpc) is 2.88. The molecule has 1 saturated carbocycles. The minimum absolute atomic E-state index is 0.213. The molecule has 0 amide bonds. The van der Waals surface area contributed by atoms with E-state index in [0.29, 0.717) is 5.82 Å². The van der Waals surface area contributed by atoms with Crippen LogP contribution in [0.25, 0.3) is 0 Å². The van der Waals surface area contributed by atoms with Gasteiger partial charge in [-0.15, -0.1) is 0 Å². The second kappa shape index (κ2) is 4.75. The number of methoxy groups -OCH3 is 1. The predicted octanol–water partition coefficient (Wildman–Crippen LogP) is 2.18. The fourth-order valence-electron chi connectivity index (χ4n) is 2.33. The van der Waals surface area contributed by atoms with E-state index >= 15 is 0 Å². The van der Waals surface area contributed by atoms with Crippen molar-refractivity contribution in [3.05, 3.63) is 47.6 Å². The Labute approximate surface area is 111 Å². The van der Waals surface area contributed by atoms with Crippen molar-refractivity contribution in [1.82, 2.24) is 10.1 Å². The lowest BCUT2D eigenvalue weighted by molar-refractivity contribution is -0.0858. The quantitative estimate of drug-likeness (QED) is 0.912. The zero-order valence-electron chi connectivity index (χ0n) is 10.7. The van der Waals surface area contributed by atoms with Crippen LogP contribution in [0.2, 0.25) is 0 Å². The van der Waals surface area contributed by atoms with E-state index in [-0.39, 0.29) is 5.89 Å². The van der Waals surface area contributed by atoms with Gasteiger partial charge >= 0.3 is 0 Å². The molecule has 5 nitrogen and oxygen atoms in total. The fourth-order valence-corrected chi connectivity index (χ4v) is 2.33. The maximum absolute atomic E-state index is 10.2. The zero-order valence-corrected chi connectivity index (χ0v) is 10.7. The van der Waals surface area contributed by atoms with Crippen molar-refractivity contribution in [2.75, 3.05) is 7.11 Å². The first-order chi connectivity index (χ1) is 9.25. The highest BCUT2D eigenvalue weighted by atomic mass is 16.5. The molecule has 0 aliphatic heterocycles. The third kappa shape index (κ3) is 2.05. The number of aliphatic hydroxyl groups is 1. The van der Waals surface area contributed by atoms with E-state index in [1.54, 1.807) is 7.11 Å². The molecule has 100 valence electrons. The third-order valence-electron chi connectivity index (χ3n) is 3.75. The molecule has 1 aromatic carbocycles. The van der Waals surface area contributed by atoms with E-state index in [4.69, 9.17) is 9.26 Å². The van der Waals surface area contributed by atoms with Gasteiger partial charge in [-0.25, -0.2) is 0 Å². The van der Waals surface area contributed by atoms with Crippen LogP contribution in [0.3, 0.4) is 0 Å². The second-order valence-electron chi connectivity index (χ2n) is 4.82. The van der Waals surface area contributed by atoms with Crippen molar-refractivity contribution in [1.29, 1.82) is 0 Å². The SMILES string of the molecule is COC1(c2noc(C(O)c3ccccc3)n2)CCC1. The van der Waals surface area contributed by atoms with Crippen molar-refractivity contribution in [2.24, 2.45) is 0 Å². The average molecular weight is 260 g/mol. The highest BCUT2D eigenvalue weighted by Gasteiger charge is 2.43. The lowest BCUT2D eigenvalue weighted by Gasteiger charge is -2.37. The molecule has 1 aromatic heterocycles. The van der Waals surface area contributed by atoms with Gasteiger partial charge in [-0.05, 0) is 24.8 Å². The molecule has 1 heterocycles. The Morgan fingerprint density at radius 2 is 2.05 bits per heavy atom. The number of hydrogen-bond acceptors (Lipinski definition) is 5. The Balaban J connectivity index is 1.85. The van der Waals surface area contributed by atoms with Crippen LogP contribution in [0.4, 0.5) is 0 Å². The molecule has 1 atom stereocenters. The standard InChI is InChI=1S/C14H16N2O3/c1-18-14(8-5-9-14)13-15-12(19-16-13)11(17)10-6-3-2-4-7-10/h2-4,6-7,11,17H,5,8-9H2,1H3. The Morgan fingerprint density at radius 3 is 2.63 bits per heavy atom. The minimum Gasteiger partial charge on any atom is -0.378 e. The molecule has 3 rings (SSSR count). The first-order valence-electron chi connectivity index (χ1n) is 6.37. The summed E-state index contributed by atoms with van der Waals surface area (Å²) in [7, 11) is 1.66. The number of benzene rings is 1. The Bertz CT molecular complexity index is 543.